The van der Waals surface area contributed by atoms with Gasteiger partial charge in [0.25, 0.3) is 0 Å². The number of hydrogen-bond donors (Lipinski definition) is 4. The smallest absolute Gasteiger partial charge is 0.418 e. The molecule has 2 amide bonds. The molecular formula is C7H10N2O6S. The van der Waals surface area contributed by atoms with Gasteiger partial charge in [-0.15, -0.1) is 4.28 Å². The molecule has 8 nitrogen and oxygen atoms in total. The van der Waals surface area contributed by atoms with Gasteiger partial charge in [-0.25, -0.2) is 4.79 Å². The normalized spacial score (nSPS) is 9.81. The highest BCUT2D eigenvalue weighted by atomic mass is 32.3. The fraction of sp³-hybridized carbons (Fsp3) is 0. The number of nitrogens with one attached hydrogen (secondary N) is 1. The molecule has 0 aliphatic carbocycles. The molecule has 0 aliphatic rings. The molecule has 0 saturated heterocycles. The summed E-state index contributed by atoms with van der Waals surface area (Å²) in [5.74, 6) is 0.322. The Morgan fingerprint density at radius 3 is 2.00 bits per heavy atom. The third-order valence-corrected chi connectivity index (χ3v) is 1.30. The number of primary amides is 1. The van der Waals surface area contributed by atoms with Gasteiger partial charge in [0.05, 0.1) is 0 Å². The number of urea groups is 1. The number of nitrogens with two attached hydrogens (primary N) is 1. The zero-order valence-corrected chi connectivity index (χ0v) is 8.72. The Morgan fingerprint density at radius 2 is 1.81 bits per heavy atom. The van der Waals surface area contributed by atoms with E-state index in [-0.39, 0.29) is 0 Å². The van der Waals surface area contributed by atoms with Crippen molar-refractivity contribution in [2.75, 3.05) is 0 Å². The van der Waals surface area contributed by atoms with Crippen LogP contribution in [0.15, 0.2) is 30.3 Å². The van der Waals surface area contributed by atoms with Gasteiger partial charge in [0, 0.05) is 0 Å². The number of benzene rings is 1. The highest BCUT2D eigenvalue weighted by molar-refractivity contribution is 7.80. The average molecular weight is 250 g/mol. The van der Waals surface area contributed by atoms with Gasteiger partial charge < -0.3 is 10.8 Å². The van der Waals surface area contributed by atoms with Crippen LogP contribution in [0, 0.1) is 0 Å². The molecule has 0 spiro atoms. The summed E-state index contributed by atoms with van der Waals surface area (Å²) in [6.07, 6.45) is 0. The van der Waals surface area contributed by atoms with Gasteiger partial charge in [-0.3, -0.25) is 4.55 Å². The first-order valence-corrected chi connectivity index (χ1v) is 5.13. The summed E-state index contributed by atoms with van der Waals surface area (Å²) in [4.78, 5) is 9.66. The molecule has 0 aromatic heterocycles. The lowest BCUT2D eigenvalue weighted by Crippen LogP contribution is -2.31. The number of amides is 2. The Hall–Kier alpha value is -1.84. The van der Waals surface area contributed by atoms with Crippen molar-refractivity contribution in [3.05, 3.63) is 30.3 Å². The number of hydrogen-bond acceptors (Lipinski definition) is 5. The first kappa shape index (κ1) is 14.2. The van der Waals surface area contributed by atoms with Gasteiger partial charge >= 0.3 is 16.4 Å². The van der Waals surface area contributed by atoms with E-state index in [1.165, 1.54) is 5.48 Å². The number of para-hydroxylation sites is 1. The van der Waals surface area contributed by atoms with Crippen molar-refractivity contribution in [2.45, 2.75) is 0 Å². The highest BCUT2D eigenvalue weighted by Gasteiger charge is 2.04. The second-order valence-electron chi connectivity index (χ2n) is 2.31. The van der Waals surface area contributed by atoms with Crippen molar-refractivity contribution in [2.24, 2.45) is 5.73 Å². The Balaban J connectivity index is 0.000000288. The first-order chi connectivity index (χ1) is 7.31. The maximum atomic E-state index is 9.66. The van der Waals surface area contributed by atoms with Crippen molar-refractivity contribution in [3.63, 3.8) is 0 Å². The van der Waals surface area contributed by atoms with Crippen LogP contribution in [0.1, 0.15) is 0 Å². The van der Waals surface area contributed by atoms with Crippen LogP contribution >= 0.6 is 0 Å². The number of rotatable bonds is 2. The number of phenolic OH excluding ortho intramolecular Hbond substituents is 1. The largest absolute Gasteiger partial charge is 0.508 e. The van der Waals surface area contributed by atoms with E-state index in [2.05, 4.69) is 10.0 Å². The molecule has 0 saturated carbocycles. The average Bonchev–Trinajstić information content (AvgIpc) is 2.16. The second kappa shape index (κ2) is 6.61. The van der Waals surface area contributed by atoms with E-state index in [9.17, 15) is 13.2 Å². The summed E-state index contributed by atoms with van der Waals surface area (Å²) < 4.78 is 30.2. The summed E-state index contributed by atoms with van der Waals surface area (Å²) in [7, 11) is -4.63. The quantitative estimate of drug-likeness (QED) is 0.422. The topological polar surface area (TPSA) is 139 Å². The number of phenols is 1. The van der Waals surface area contributed by atoms with E-state index >= 15 is 0 Å². The fourth-order valence-electron chi connectivity index (χ4n) is 0.522. The van der Waals surface area contributed by atoms with Crippen molar-refractivity contribution in [1.82, 2.24) is 5.48 Å². The predicted molar refractivity (Wildman–Crippen MR) is 53.5 cm³/mol. The minimum absolute atomic E-state index is 0.322. The molecule has 0 aliphatic heterocycles. The lowest BCUT2D eigenvalue weighted by atomic mass is 10.3. The van der Waals surface area contributed by atoms with E-state index in [0.29, 0.717) is 5.75 Å². The minimum Gasteiger partial charge on any atom is -0.508 e. The molecule has 1 aromatic rings. The second-order valence-corrected chi connectivity index (χ2v) is 3.34. The van der Waals surface area contributed by atoms with Crippen LogP contribution in [0.2, 0.25) is 0 Å². The van der Waals surface area contributed by atoms with Crippen molar-refractivity contribution < 1.29 is 27.2 Å². The maximum Gasteiger partial charge on any atom is 0.418 e. The van der Waals surface area contributed by atoms with Crippen LogP contribution in [-0.2, 0) is 14.7 Å². The monoisotopic (exact) mass is 250 g/mol. The van der Waals surface area contributed by atoms with E-state index in [4.69, 9.17) is 9.66 Å². The van der Waals surface area contributed by atoms with Crippen LogP contribution in [0.25, 0.3) is 0 Å². The first-order valence-electron chi connectivity index (χ1n) is 3.76. The summed E-state index contributed by atoms with van der Waals surface area (Å²) in [5.41, 5.74) is 5.54. The molecule has 0 atom stereocenters. The van der Waals surface area contributed by atoms with Crippen LogP contribution in [0.5, 0.6) is 5.75 Å². The van der Waals surface area contributed by atoms with Crippen molar-refractivity contribution in [1.29, 1.82) is 0 Å². The number of carbonyl (C=O) groups excluding carboxylic acids is 1. The zero-order chi connectivity index (χ0) is 12.6. The van der Waals surface area contributed by atoms with E-state index in [1.807, 2.05) is 6.07 Å². The predicted octanol–water partition coefficient (Wildman–Crippen LogP) is -0.219. The van der Waals surface area contributed by atoms with Gasteiger partial charge in [-0.1, -0.05) is 18.2 Å². The van der Waals surface area contributed by atoms with Crippen LogP contribution in [0.4, 0.5) is 4.79 Å². The van der Waals surface area contributed by atoms with Gasteiger partial charge in [-0.2, -0.15) is 13.9 Å². The standard InChI is InChI=1S/C6H6O.CH4N2O5S/c7-6-4-2-1-3-5-6;2-1(4)3-8-9(5,6)7/h1-5,7H;(H3,2,3,4)(H,5,6,7). The summed E-state index contributed by atoms with van der Waals surface area (Å²) in [5, 5.41) is 8.63. The number of carbonyl (C=O) groups is 1. The van der Waals surface area contributed by atoms with E-state index < -0.39 is 16.4 Å². The summed E-state index contributed by atoms with van der Waals surface area (Å²) in [6.45, 7) is 0. The zero-order valence-electron chi connectivity index (χ0n) is 7.90. The fourth-order valence-corrected chi connectivity index (χ4v) is 0.709. The lowest BCUT2D eigenvalue weighted by Gasteiger charge is -1.94. The molecule has 5 N–H and O–H groups in total. The molecule has 0 bridgehead atoms. The van der Waals surface area contributed by atoms with Gasteiger partial charge in [0.15, 0.2) is 0 Å². The summed E-state index contributed by atoms with van der Waals surface area (Å²) >= 11 is 0. The van der Waals surface area contributed by atoms with Gasteiger partial charge in [0.2, 0.25) is 0 Å². The molecule has 0 heterocycles. The highest BCUT2D eigenvalue weighted by Crippen LogP contribution is 2.02. The Bertz CT molecular complexity index is 418. The van der Waals surface area contributed by atoms with Crippen molar-refractivity contribution >= 4 is 16.4 Å². The SMILES string of the molecule is NC(=O)NOS(=O)(=O)O.Oc1ccccc1. The van der Waals surface area contributed by atoms with Crippen LogP contribution < -0.4 is 11.2 Å². The Kier molecular flexibility index (Phi) is 5.85. The molecular weight excluding hydrogens is 240 g/mol. The number of aromatic hydroxyl groups is 1. The van der Waals surface area contributed by atoms with Gasteiger partial charge in [-0.05, 0) is 12.1 Å². The molecule has 16 heavy (non-hydrogen) atoms. The lowest BCUT2D eigenvalue weighted by molar-refractivity contribution is 0.173. The van der Waals surface area contributed by atoms with Gasteiger partial charge in [0.1, 0.15) is 5.75 Å². The molecule has 0 fully saturated rings. The van der Waals surface area contributed by atoms with E-state index in [0.717, 1.165) is 0 Å². The Morgan fingerprint density at radius 1 is 1.31 bits per heavy atom. The maximum absolute atomic E-state index is 9.66. The molecule has 1 rings (SSSR count). The van der Waals surface area contributed by atoms with E-state index in [1.54, 1.807) is 24.3 Å². The summed E-state index contributed by atoms with van der Waals surface area (Å²) in [6, 6.07) is 7.50. The van der Waals surface area contributed by atoms with Crippen molar-refractivity contribution in [3.8, 4) is 5.75 Å². The third kappa shape index (κ3) is 10.2. The molecule has 90 valence electrons. The van der Waals surface area contributed by atoms with Crippen LogP contribution in [-0.4, -0.2) is 24.1 Å². The molecule has 1 aromatic carbocycles. The molecule has 9 heteroatoms. The number of hydroxylamine groups is 1. The Labute approximate surface area is 91.6 Å². The molecule has 0 radical (unpaired) electrons. The molecule has 0 unspecified atom stereocenters. The minimum atomic E-state index is -4.63. The third-order valence-electron chi connectivity index (χ3n) is 1.00. The van der Waals surface area contributed by atoms with Crippen LogP contribution in [0.3, 0.4) is 0 Å².